The number of ether oxygens (including phenoxy) is 2. The fraction of sp³-hybridized carbons (Fsp3) is 0.167. The molecule has 0 atom stereocenters. The van der Waals surface area contributed by atoms with Crippen LogP contribution in [0.15, 0.2) is 59.9 Å². The van der Waals surface area contributed by atoms with Gasteiger partial charge in [-0.15, -0.1) is 0 Å². The summed E-state index contributed by atoms with van der Waals surface area (Å²) in [6.07, 6.45) is 4.51. The monoisotopic (exact) mass is 371 g/mol. The van der Waals surface area contributed by atoms with Crippen molar-refractivity contribution in [3.8, 4) is 22.8 Å². The molecule has 134 valence electrons. The van der Waals surface area contributed by atoms with Crippen molar-refractivity contribution in [2.24, 2.45) is 0 Å². The van der Waals surface area contributed by atoms with E-state index in [1.165, 1.54) is 16.2 Å². The lowest BCUT2D eigenvalue weighted by atomic mass is 10.1. The third-order valence-electron chi connectivity index (χ3n) is 4.08. The van der Waals surface area contributed by atoms with Gasteiger partial charge in [0.05, 0.1) is 5.69 Å². The fourth-order valence-electron chi connectivity index (χ4n) is 2.88. The molecule has 4 rings (SSSR count). The molecule has 0 amide bonds. The number of fused-ring (bicyclic) bond motifs is 1. The highest BCUT2D eigenvalue weighted by atomic mass is 32.2. The van der Waals surface area contributed by atoms with Crippen LogP contribution in [0.25, 0.3) is 11.3 Å². The largest absolute Gasteiger partial charge is 0.454 e. The maximum absolute atomic E-state index is 13.1. The van der Waals surface area contributed by atoms with Gasteiger partial charge < -0.3 is 14.8 Å². The summed E-state index contributed by atoms with van der Waals surface area (Å²) in [5.74, 6) is 1.25. The first kappa shape index (κ1) is 16.6. The quantitative estimate of drug-likeness (QED) is 0.741. The second-order valence-electron chi connectivity index (χ2n) is 5.82. The van der Waals surface area contributed by atoms with Crippen molar-refractivity contribution in [2.75, 3.05) is 13.8 Å². The van der Waals surface area contributed by atoms with Crippen molar-refractivity contribution in [2.45, 2.75) is 11.4 Å². The van der Waals surface area contributed by atoms with Gasteiger partial charge in [-0.2, -0.15) is 0 Å². The zero-order valence-electron chi connectivity index (χ0n) is 14.0. The topological polar surface area (TPSA) is 82.5 Å². The second-order valence-corrected chi connectivity index (χ2v) is 7.64. The van der Waals surface area contributed by atoms with Crippen LogP contribution in [0.5, 0.6) is 11.5 Å². The number of hydrogen-bond acceptors (Lipinski definition) is 6. The number of aromatic nitrogens is 2. The summed E-state index contributed by atoms with van der Waals surface area (Å²) in [7, 11) is -1.96. The highest BCUT2D eigenvalue weighted by Crippen LogP contribution is 2.37. The number of nitrogens with one attached hydrogen (secondary N) is 1. The Hall–Kier alpha value is -2.84. The summed E-state index contributed by atoms with van der Waals surface area (Å²) in [4.78, 5) is 4.06. The van der Waals surface area contributed by atoms with Crippen molar-refractivity contribution >= 4 is 10.0 Å². The van der Waals surface area contributed by atoms with Crippen molar-refractivity contribution in [3.05, 3.63) is 60.6 Å². The van der Waals surface area contributed by atoms with Crippen LogP contribution >= 0.6 is 0 Å². The lowest BCUT2D eigenvalue weighted by Crippen LogP contribution is -2.13. The third-order valence-corrected chi connectivity index (χ3v) is 5.74. The van der Waals surface area contributed by atoms with E-state index in [2.05, 4.69) is 10.3 Å². The molecule has 0 saturated carbocycles. The first-order valence-corrected chi connectivity index (χ1v) is 9.45. The fourth-order valence-corrected chi connectivity index (χ4v) is 4.24. The minimum atomic E-state index is -3.78. The lowest BCUT2D eigenvalue weighted by Gasteiger charge is -2.11. The molecule has 0 unspecified atom stereocenters. The van der Waals surface area contributed by atoms with Gasteiger partial charge in [0.15, 0.2) is 11.5 Å². The second kappa shape index (κ2) is 6.47. The van der Waals surface area contributed by atoms with Crippen LogP contribution in [-0.4, -0.2) is 31.2 Å². The molecule has 0 saturated heterocycles. The van der Waals surface area contributed by atoms with Gasteiger partial charge in [-0.05, 0) is 49.0 Å². The van der Waals surface area contributed by atoms with E-state index in [0.29, 0.717) is 23.7 Å². The maximum atomic E-state index is 13.1. The SMILES string of the molecule is CNCc1cc(-c2ccc3c(c2)OCO3)n(S(=O)(=O)c2cccnc2)c1. The van der Waals surface area contributed by atoms with Gasteiger partial charge in [0.1, 0.15) is 4.90 Å². The van der Waals surface area contributed by atoms with Crippen molar-refractivity contribution in [3.63, 3.8) is 0 Å². The predicted octanol–water partition coefficient (Wildman–Crippen LogP) is 2.24. The Morgan fingerprint density at radius 3 is 2.81 bits per heavy atom. The maximum Gasteiger partial charge on any atom is 0.269 e. The van der Waals surface area contributed by atoms with Crippen LogP contribution in [-0.2, 0) is 16.6 Å². The van der Waals surface area contributed by atoms with E-state index in [1.54, 1.807) is 30.6 Å². The Morgan fingerprint density at radius 1 is 1.19 bits per heavy atom. The minimum Gasteiger partial charge on any atom is -0.454 e. The lowest BCUT2D eigenvalue weighted by molar-refractivity contribution is 0.174. The van der Waals surface area contributed by atoms with Crippen LogP contribution < -0.4 is 14.8 Å². The molecule has 0 spiro atoms. The molecule has 26 heavy (non-hydrogen) atoms. The van der Waals surface area contributed by atoms with E-state index in [0.717, 1.165) is 11.1 Å². The Balaban J connectivity index is 1.87. The molecule has 3 aromatic rings. The van der Waals surface area contributed by atoms with Gasteiger partial charge in [0.2, 0.25) is 6.79 Å². The minimum absolute atomic E-state index is 0.133. The number of hydrogen-bond donors (Lipinski definition) is 1. The molecular formula is C18H17N3O4S. The van der Waals surface area contributed by atoms with Gasteiger partial charge in [0, 0.05) is 30.7 Å². The normalized spacial score (nSPS) is 13.1. The van der Waals surface area contributed by atoms with E-state index in [-0.39, 0.29) is 11.7 Å². The third kappa shape index (κ3) is 2.83. The average molecular weight is 371 g/mol. The number of benzene rings is 1. The van der Waals surface area contributed by atoms with Crippen molar-refractivity contribution < 1.29 is 17.9 Å². The van der Waals surface area contributed by atoms with Crippen LogP contribution in [0.2, 0.25) is 0 Å². The molecule has 8 heteroatoms. The van der Waals surface area contributed by atoms with Crippen molar-refractivity contribution in [1.29, 1.82) is 0 Å². The molecule has 1 aromatic carbocycles. The molecule has 0 bridgehead atoms. The van der Waals surface area contributed by atoms with E-state index in [1.807, 2.05) is 19.2 Å². The molecule has 0 radical (unpaired) electrons. The van der Waals surface area contributed by atoms with Gasteiger partial charge >= 0.3 is 0 Å². The Bertz CT molecular complexity index is 1050. The first-order chi connectivity index (χ1) is 12.6. The molecule has 7 nitrogen and oxygen atoms in total. The van der Waals surface area contributed by atoms with Gasteiger partial charge in [-0.25, -0.2) is 12.4 Å². The number of rotatable bonds is 5. The van der Waals surface area contributed by atoms with Crippen LogP contribution in [0.1, 0.15) is 5.56 Å². The summed E-state index contributed by atoms with van der Waals surface area (Å²) < 4.78 is 38.3. The number of pyridine rings is 1. The summed E-state index contributed by atoms with van der Waals surface area (Å²) in [5.41, 5.74) is 2.13. The summed E-state index contributed by atoms with van der Waals surface area (Å²) in [5, 5.41) is 3.04. The van der Waals surface area contributed by atoms with Crippen LogP contribution in [0, 0.1) is 0 Å². The zero-order chi connectivity index (χ0) is 18.1. The standard InChI is InChI=1S/C18H17N3O4S/c1-19-9-13-7-16(14-4-5-17-18(8-14)25-12-24-17)21(11-13)26(22,23)15-3-2-6-20-10-15/h2-8,10-11,19H,9,12H2,1H3. The van der Waals surface area contributed by atoms with E-state index < -0.39 is 10.0 Å². The van der Waals surface area contributed by atoms with Crippen LogP contribution in [0.3, 0.4) is 0 Å². The molecule has 1 N–H and O–H groups in total. The highest BCUT2D eigenvalue weighted by Gasteiger charge is 2.23. The van der Waals surface area contributed by atoms with Crippen molar-refractivity contribution in [1.82, 2.24) is 14.3 Å². The zero-order valence-corrected chi connectivity index (χ0v) is 14.9. The summed E-state index contributed by atoms with van der Waals surface area (Å²) >= 11 is 0. The molecule has 0 fully saturated rings. The van der Waals surface area contributed by atoms with E-state index in [9.17, 15) is 8.42 Å². The molecular weight excluding hydrogens is 354 g/mol. The summed E-state index contributed by atoms with van der Waals surface area (Å²) in [6, 6.07) is 10.4. The summed E-state index contributed by atoms with van der Waals surface area (Å²) in [6.45, 7) is 0.714. The molecule has 2 aromatic heterocycles. The Labute approximate surface area is 151 Å². The van der Waals surface area contributed by atoms with Crippen LogP contribution in [0.4, 0.5) is 0 Å². The molecule has 3 heterocycles. The first-order valence-electron chi connectivity index (χ1n) is 8.01. The smallest absolute Gasteiger partial charge is 0.269 e. The van der Waals surface area contributed by atoms with Gasteiger partial charge in [-0.1, -0.05) is 0 Å². The molecule has 1 aliphatic rings. The molecule has 1 aliphatic heterocycles. The molecule has 0 aliphatic carbocycles. The van der Waals surface area contributed by atoms with E-state index in [4.69, 9.17) is 9.47 Å². The van der Waals surface area contributed by atoms with Gasteiger partial charge in [-0.3, -0.25) is 4.98 Å². The highest BCUT2D eigenvalue weighted by molar-refractivity contribution is 7.90. The Kier molecular flexibility index (Phi) is 4.14. The number of nitrogens with zero attached hydrogens (tertiary/aromatic N) is 2. The average Bonchev–Trinajstić information content (AvgIpc) is 3.29. The van der Waals surface area contributed by atoms with Gasteiger partial charge in [0.25, 0.3) is 10.0 Å². The van der Waals surface area contributed by atoms with E-state index >= 15 is 0 Å². The predicted molar refractivity (Wildman–Crippen MR) is 95.6 cm³/mol. The Morgan fingerprint density at radius 2 is 2.04 bits per heavy atom.